The van der Waals surface area contributed by atoms with Gasteiger partial charge in [-0.1, -0.05) is 19.1 Å². The van der Waals surface area contributed by atoms with Crippen molar-refractivity contribution in [2.45, 2.75) is 39.8 Å². The Balaban J connectivity index is 2.20. The predicted octanol–water partition coefficient (Wildman–Crippen LogP) is 0.289. The molecule has 0 saturated carbocycles. The molecule has 0 saturated heterocycles. The molecule has 6 heteroatoms. The van der Waals surface area contributed by atoms with Crippen LogP contribution in [0.15, 0.2) is 6.20 Å². The summed E-state index contributed by atoms with van der Waals surface area (Å²) in [4.78, 5) is 11.5. The second-order valence-electron chi connectivity index (χ2n) is 4.50. The number of carbonyl (C=O) groups is 1. The van der Waals surface area contributed by atoms with Gasteiger partial charge in [0, 0.05) is 13.1 Å². The number of hydrogen-bond acceptors (Lipinski definition) is 4. The molecule has 0 atom stereocenters. The lowest BCUT2D eigenvalue weighted by Gasteiger charge is -2.06. The van der Waals surface area contributed by atoms with Gasteiger partial charge in [0.05, 0.1) is 11.9 Å². The van der Waals surface area contributed by atoms with Crippen molar-refractivity contribution in [2.24, 2.45) is 11.7 Å². The van der Waals surface area contributed by atoms with Gasteiger partial charge in [0.1, 0.15) is 6.54 Å². The summed E-state index contributed by atoms with van der Waals surface area (Å²) in [7, 11) is 0. The molecule has 0 aliphatic rings. The molecular formula is C11H21N5O. The molecule has 96 valence electrons. The summed E-state index contributed by atoms with van der Waals surface area (Å²) in [6.07, 6.45) is 3.82. The van der Waals surface area contributed by atoms with E-state index in [1.807, 2.05) is 0 Å². The molecule has 0 spiro atoms. The van der Waals surface area contributed by atoms with E-state index in [0.717, 1.165) is 19.4 Å². The number of amides is 1. The van der Waals surface area contributed by atoms with Crippen molar-refractivity contribution in [1.29, 1.82) is 0 Å². The molecular weight excluding hydrogens is 218 g/mol. The lowest BCUT2D eigenvalue weighted by molar-refractivity contribution is -0.121. The van der Waals surface area contributed by atoms with E-state index in [-0.39, 0.29) is 12.5 Å². The minimum atomic E-state index is -0.0396. The summed E-state index contributed by atoms with van der Waals surface area (Å²) in [6.45, 7) is 5.61. The van der Waals surface area contributed by atoms with Crippen LogP contribution in [0.25, 0.3) is 0 Å². The zero-order valence-electron chi connectivity index (χ0n) is 10.5. The Labute approximate surface area is 102 Å². The largest absolute Gasteiger partial charge is 0.354 e. The monoisotopic (exact) mass is 239 g/mol. The Morgan fingerprint density at radius 3 is 2.94 bits per heavy atom. The molecule has 6 nitrogen and oxygen atoms in total. The van der Waals surface area contributed by atoms with E-state index < -0.39 is 0 Å². The number of aromatic nitrogens is 3. The third kappa shape index (κ3) is 5.44. The maximum atomic E-state index is 11.5. The summed E-state index contributed by atoms with van der Waals surface area (Å²) in [5, 5.41) is 10.5. The molecule has 17 heavy (non-hydrogen) atoms. The second-order valence-corrected chi connectivity index (χ2v) is 4.50. The maximum Gasteiger partial charge on any atom is 0.241 e. The lowest BCUT2D eigenvalue weighted by atomic mass is 10.1. The van der Waals surface area contributed by atoms with Gasteiger partial charge in [0.15, 0.2) is 0 Å². The van der Waals surface area contributed by atoms with Crippen molar-refractivity contribution in [2.75, 3.05) is 6.54 Å². The normalized spacial score (nSPS) is 10.8. The summed E-state index contributed by atoms with van der Waals surface area (Å²) in [5.41, 5.74) is 6.10. The van der Waals surface area contributed by atoms with E-state index in [4.69, 9.17) is 5.73 Å². The molecule has 0 aliphatic heterocycles. The topological polar surface area (TPSA) is 85.8 Å². The second kappa shape index (κ2) is 7.01. The molecule has 1 rings (SSSR count). The predicted molar refractivity (Wildman–Crippen MR) is 65.0 cm³/mol. The standard InChI is InChI=1S/C11H21N5O/c1-9(2)4-3-5-13-11(17)8-16-7-10(6-12)14-15-16/h7,9H,3-6,8,12H2,1-2H3,(H,13,17). The zero-order valence-corrected chi connectivity index (χ0v) is 10.5. The van der Waals surface area contributed by atoms with Crippen LogP contribution in [-0.2, 0) is 17.9 Å². The van der Waals surface area contributed by atoms with Crippen molar-refractivity contribution in [3.8, 4) is 0 Å². The Bertz CT molecular complexity index is 347. The number of hydrogen-bond donors (Lipinski definition) is 2. The van der Waals surface area contributed by atoms with Crippen molar-refractivity contribution < 1.29 is 4.79 Å². The Morgan fingerprint density at radius 2 is 2.35 bits per heavy atom. The highest BCUT2D eigenvalue weighted by Gasteiger charge is 2.04. The molecule has 0 fully saturated rings. The van der Waals surface area contributed by atoms with Gasteiger partial charge in [-0.15, -0.1) is 5.10 Å². The molecule has 0 aliphatic carbocycles. The fourth-order valence-corrected chi connectivity index (χ4v) is 1.45. The SMILES string of the molecule is CC(C)CCCNC(=O)Cn1cc(CN)nn1. The van der Waals surface area contributed by atoms with Gasteiger partial charge in [-0.2, -0.15) is 0 Å². The minimum Gasteiger partial charge on any atom is -0.354 e. The van der Waals surface area contributed by atoms with Crippen LogP contribution in [0.3, 0.4) is 0 Å². The van der Waals surface area contributed by atoms with Gasteiger partial charge in [-0.3, -0.25) is 4.79 Å². The third-order valence-electron chi connectivity index (χ3n) is 2.38. The molecule has 0 bridgehead atoms. The Hall–Kier alpha value is -1.43. The molecule has 3 N–H and O–H groups in total. The van der Waals surface area contributed by atoms with Crippen LogP contribution in [0.4, 0.5) is 0 Å². The quantitative estimate of drug-likeness (QED) is 0.670. The first-order valence-electron chi connectivity index (χ1n) is 5.97. The van der Waals surface area contributed by atoms with Crippen molar-refractivity contribution in [3.05, 3.63) is 11.9 Å². The van der Waals surface area contributed by atoms with Crippen LogP contribution in [-0.4, -0.2) is 27.4 Å². The van der Waals surface area contributed by atoms with Gasteiger partial charge in [0.2, 0.25) is 5.91 Å². The third-order valence-corrected chi connectivity index (χ3v) is 2.38. The smallest absolute Gasteiger partial charge is 0.241 e. The molecule has 1 amide bonds. The van der Waals surface area contributed by atoms with Crippen LogP contribution in [0, 0.1) is 5.92 Å². The van der Waals surface area contributed by atoms with Crippen molar-refractivity contribution >= 4 is 5.91 Å². The van der Waals surface area contributed by atoms with Gasteiger partial charge < -0.3 is 11.1 Å². The van der Waals surface area contributed by atoms with Crippen LogP contribution in [0.5, 0.6) is 0 Å². The molecule has 0 aromatic carbocycles. The van der Waals surface area contributed by atoms with E-state index in [1.165, 1.54) is 4.68 Å². The van der Waals surface area contributed by atoms with Gasteiger partial charge in [-0.05, 0) is 18.8 Å². The zero-order chi connectivity index (χ0) is 12.7. The van der Waals surface area contributed by atoms with E-state index in [9.17, 15) is 4.79 Å². The number of rotatable bonds is 7. The van der Waals surface area contributed by atoms with E-state index in [0.29, 0.717) is 18.2 Å². The minimum absolute atomic E-state index is 0.0396. The molecule has 0 radical (unpaired) electrons. The van der Waals surface area contributed by atoms with E-state index in [2.05, 4.69) is 29.5 Å². The summed E-state index contributed by atoms with van der Waals surface area (Å²) >= 11 is 0. The summed E-state index contributed by atoms with van der Waals surface area (Å²) in [5.74, 6) is 0.636. The molecule has 1 aromatic heterocycles. The van der Waals surface area contributed by atoms with Crippen LogP contribution < -0.4 is 11.1 Å². The van der Waals surface area contributed by atoms with Gasteiger partial charge in [0.25, 0.3) is 0 Å². The molecule has 0 unspecified atom stereocenters. The molecule has 1 aromatic rings. The first-order chi connectivity index (χ1) is 8.11. The Morgan fingerprint density at radius 1 is 1.59 bits per heavy atom. The first-order valence-corrected chi connectivity index (χ1v) is 5.97. The van der Waals surface area contributed by atoms with Gasteiger partial charge >= 0.3 is 0 Å². The maximum absolute atomic E-state index is 11.5. The number of nitrogens with zero attached hydrogens (tertiary/aromatic N) is 3. The van der Waals surface area contributed by atoms with E-state index in [1.54, 1.807) is 6.20 Å². The number of nitrogens with one attached hydrogen (secondary N) is 1. The highest BCUT2D eigenvalue weighted by molar-refractivity contribution is 5.75. The summed E-state index contributed by atoms with van der Waals surface area (Å²) in [6, 6.07) is 0. The average molecular weight is 239 g/mol. The van der Waals surface area contributed by atoms with E-state index >= 15 is 0 Å². The highest BCUT2D eigenvalue weighted by atomic mass is 16.2. The Kier molecular flexibility index (Phi) is 5.62. The fraction of sp³-hybridized carbons (Fsp3) is 0.727. The van der Waals surface area contributed by atoms with Crippen LogP contribution in [0.2, 0.25) is 0 Å². The van der Waals surface area contributed by atoms with Crippen LogP contribution in [0.1, 0.15) is 32.4 Å². The number of carbonyl (C=O) groups excluding carboxylic acids is 1. The van der Waals surface area contributed by atoms with Crippen LogP contribution >= 0.6 is 0 Å². The van der Waals surface area contributed by atoms with Gasteiger partial charge in [-0.25, -0.2) is 4.68 Å². The molecule has 1 heterocycles. The highest BCUT2D eigenvalue weighted by Crippen LogP contribution is 2.01. The fourth-order valence-electron chi connectivity index (χ4n) is 1.45. The van der Waals surface area contributed by atoms with Crippen molar-refractivity contribution in [1.82, 2.24) is 20.3 Å². The first kappa shape index (κ1) is 13.6. The number of nitrogens with two attached hydrogens (primary N) is 1. The lowest BCUT2D eigenvalue weighted by Crippen LogP contribution is -2.28. The average Bonchev–Trinajstić information content (AvgIpc) is 2.72. The van der Waals surface area contributed by atoms with Crippen molar-refractivity contribution in [3.63, 3.8) is 0 Å². The summed E-state index contributed by atoms with van der Waals surface area (Å²) < 4.78 is 1.50.